The van der Waals surface area contributed by atoms with Crippen molar-refractivity contribution in [2.45, 2.75) is 33.2 Å². The zero-order chi connectivity index (χ0) is 19.5. The summed E-state index contributed by atoms with van der Waals surface area (Å²) >= 11 is 6.09. The lowest BCUT2D eigenvalue weighted by Gasteiger charge is -2.21. The van der Waals surface area contributed by atoms with Gasteiger partial charge in [-0.3, -0.25) is 4.79 Å². The number of benzene rings is 1. The maximum atomic E-state index is 12.7. The molecule has 0 spiro atoms. The normalized spacial score (nSPS) is 11.0. The summed E-state index contributed by atoms with van der Waals surface area (Å²) in [5, 5.41) is 6.40. The molecule has 140 valence electrons. The molecule has 0 saturated carbocycles. The molecule has 0 aliphatic rings. The van der Waals surface area contributed by atoms with Gasteiger partial charge in [0.1, 0.15) is 28.8 Å². The lowest BCUT2D eigenvalue weighted by molar-refractivity contribution is 0.102. The van der Waals surface area contributed by atoms with Gasteiger partial charge in [0.25, 0.3) is 5.91 Å². The molecule has 2 aromatic rings. The van der Waals surface area contributed by atoms with Gasteiger partial charge < -0.3 is 20.1 Å². The highest BCUT2D eigenvalue weighted by atomic mass is 35.5. The molecule has 1 aromatic carbocycles. The van der Waals surface area contributed by atoms with E-state index in [-0.39, 0.29) is 11.2 Å². The number of rotatable bonds is 5. The number of aromatic nitrogens is 2. The van der Waals surface area contributed by atoms with E-state index in [1.807, 2.05) is 20.8 Å². The lowest BCUT2D eigenvalue weighted by atomic mass is 10.1. The Morgan fingerprint density at radius 2 is 1.73 bits per heavy atom. The molecule has 2 N–H and O–H groups in total. The van der Waals surface area contributed by atoms with Crippen molar-refractivity contribution < 1.29 is 14.3 Å². The lowest BCUT2D eigenvalue weighted by Crippen LogP contribution is -2.27. The van der Waals surface area contributed by atoms with Crippen LogP contribution in [0.2, 0.25) is 5.02 Å². The van der Waals surface area contributed by atoms with E-state index >= 15 is 0 Å². The highest BCUT2D eigenvalue weighted by molar-refractivity contribution is 6.32. The molecule has 2 rings (SSSR count). The maximum Gasteiger partial charge on any atom is 0.274 e. The monoisotopic (exact) mass is 378 g/mol. The summed E-state index contributed by atoms with van der Waals surface area (Å²) in [5.74, 6) is 1.52. The molecule has 0 bridgehead atoms. The van der Waals surface area contributed by atoms with E-state index < -0.39 is 5.91 Å². The van der Waals surface area contributed by atoms with Crippen LogP contribution in [0.1, 0.15) is 37.1 Å². The number of nitrogens with zero attached hydrogens (tertiary/aromatic N) is 2. The van der Waals surface area contributed by atoms with E-state index in [1.165, 1.54) is 14.2 Å². The second kappa shape index (κ2) is 7.78. The molecule has 0 atom stereocenters. The van der Waals surface area contributed by atoms with Gasteiger partial charge in [-0.05, 0) is 27.7 Å². The Balaban J connectivity index is 2.33. The minimum absolute atomic E-state index is 0.193. The first-order valence-electron chi connectivity index (χ1n) is 7.99. The third-order valence-corrected chi connectivity index (χ3v) is 3.59. The van der Waals surface area contributed by atoms with E-state index in [4.69, 9.17) is 21.1 Å². The molecule has 7 nitrogen and oxygen atoms in total. The number of hydrogen-bond donors (Lipinski definition) is 2. The van der Waals surface area contributed by atoms with Gasteiger partial charge in [0.05, 0.1) is 24.9 Å². The standard InChI is InChI=1S/C18H23ClN4O3/c1-10-20-13(9-16(21-10)23-18(2,3)4)17(24)22-12-8-14(25-5)11(19)7-15(12)26-6/h7-9H,1-6H3,(H,22,24)(H,20,21,23). The van der Waals surface area contributed by atoms with Crippen LogP contribution in [-0.4, -0.2) is 35.6 Å². The molecule has 0 unspecified atom stereocenters. The van der Waals surface area contributed by atoms with Gasteiger partial charge in [-0.15, -0.1) is 0 Å². The van der Waals surface area contributed by atoms with Crippen LogP contribution in [0.5, 0.6) is 11.5 Å². The molecular formula is C18H23ClN4O3. The molecule has 1 aromatic heterocycles. The van der Waals surface area contributed by atoms with Gasteiger partial charge in [0.2, 0.25) is 0 Å². The number of halogens is 1. The average molecular weight is 379 g/mol. The molecular weight excluding hydrogens is 356 g/mol. The van der Waals surface area contributed by atoms with Crippen LogP contribution in [0.4, 0.5) is 11.5 Å². The van der Waals surface area contributed by atoms with Gasteiger partial charge in [-0.2, -0.15) is 0 Å². The summed E-state index contributed by atoms with van der Waals surface area (Å²) < 4.78 is 10.5. The van der Waals surface area contributed by atoms with Crippen molar-refractivity contribution in [2.24, 2.45) is 0 Å². The van der Waals surface area contributed by atoms with E-state index in [0.29, 0.717) is 33.9 Å². The fourth-order valence-electron chi connectivity index (χ4n) is 2.28. The number of nitrogens with one attached hydrogen (secondary N) is 2. The predicted octanol–water partition coefficient (Wildman–Crippen LogP) is 3.92. The molecule has 0 radical (unpaired) electrons. The van der Waals surface area contributed by atoms with Crippen LogP contribution < -0.4 is 20.1 Å². The molecule has 1 heterocycles. The SMILES string of the molecule is COc1cc(NC(=O)c2cc(NC(C)(C)C)nc(C)n2)c(OC)cc1Cl. The minimum Gasteiger partial charge on any atom is -0.495 e. The molecule has 0 aliphatic carbocycles. The highest BCUT2D eigenvalue weighted by Gasteiger charge is 2.17. The van der Waals surface area contributed by atoms with Crippen LogP contribution in [0.3, 0.4) is 0 Å². The summed E-state index contributed by atoms with van der Waals surface area (Å²) in [4.78, 5) is 21.2. The summed E-state index contributed by atoms with van der Waals surface area (Å²) in [7, 11) is 2.99. The largest absolute Gasteiger partial charge is 0.495 e. The molecule has 1 amide bonds. The first-order valence-corrected chi connectivity index (χ1v) is 8.37. The molecule has 0 saturated heterocycles. The van der Waals surface area contributed by atoms with Gasteiger partial charge >= 0.3 is 0 Å². The number of anilines is 2. The number of methoxy groups -OCH3 is 2. The molecule has 0 aliphatic heterocycles. The third kappa shape index (κ3) is 4.98. The summed E-state index contributed by atoms with van der Waals surface area (Å²) in [6.45, 7) is 7.76. The smallest absolute Gasteiger partial charge is 0.274 e. The Hall–Kier alpha value is -2.54. The summed E-state index contributed by atoms with van der Waals surface area (Å²) in [6, 6.07) is 4.78. The predicted molar refractivity (Wildman–Crippen MR) is 103 cm³/mol. The molecule has 0 fully saturated rings. The third-order valence-electron chi connectivity index (χ3n) is 3.30. The minimum atomic E-state index is -0.393. The van der Waals surface area contributed by atoms with Crippen molar-refractivity contribution in [2.75, 3.05) is 24.9 Å². The number of carbonyl (C=O) groups excluding carboxylic acids is 1. The fraction of sp³-hybridized carbons (Fsp3) is 0.389. The van der Waals surface area contributed by atoms with Gasteiger partial charge in [0, 0.05) is 23.7 Å². The van der Waals surface area contributed by atoms with Crippen LogP contribution in [0, 0.1) is 6.92 Å². The van der Waals surface area contributed by atoms with Crippen LogP contribution >= 0.6 is 11.6 Å². The topological polar surface area (TPSA) is 85.4 Å². The summed E-state index contributed by atoms with van der Waals surface area (Å²) in [6.07, 6.45) is 0. The Morgan fingerprint density at radius 3 is 2.31 bits per heavy atom. The van der Waals surface area contributed by atoms with Crippen molar-refractivity contribution in [1.82, 2.24) is 9.97 Å². The van der Waals surface area contributed by atoms with Crippen molar-refractivity contribution in [3.8, 4) is 11.5 Å². The Bertz CT molecular complexity index is 819. The van der Waals surface area contributed by atoms with Crippen LogP contribution in [0.15, 0.2) is 18.2 Å². The number of carbonyl (C=O) groups is 1. The Labute approximate surface area is 158 Å². The quantitative estimate of drug-likeness (QED) is 0.820. The molecule has 8 heteroatoms. The number of ether oxygens (including phenoxy) is 2. The Morgan fingerprint density at radius 1 is 1.08 bits per heavy atom. The van der Waals surface area contributed by atoms with Gasteiger partial charge in [-0.1, -0.05) is 11.6 Å². The highest BCUT2D eigenvalue weighted by Crippen LogP contribution is 2.36. The van der Waals surface area contributed by atoms with Gasteiger partial charge in [-0.25, -0.2) is 9.97 Å². The van der Waals surface area contributed by atoms with E-state index in [2.05, 4.69) is 20.6 Å². The van der Waals surface area contributed by atoms with Crippen molar-refractivity contribution >= 4 is 29.0 Å². The fourth-order valence-corrected chi connectivity index (χ4v) is 2.51. The average Bonchev–Trinajstić information content (AvgIpc) is 2.53. The van der Waals surface area contributed by atoms with Crippen LogP contribution in [0.25, 0.3) is 0 Å². The second-order valence-electron chi connectivity index (χ2n) is 6.70. The van der Waals surface area contributed by atoms with E-state index in [1.54, 1.807) is 25.1 Å². The first kappa shape index (κ1) is 19.8. The van der Waals surface area contributed by atoms with Crippen molar-refractivity contribution in [1.29, 1.82) is 0 Å². The van der Waals surface area contributed by atoms with Crippen molar-refractivity contribution in [3.05, 3.63) is 34.7 Å². The number of amides is 1. The zero-order valence-corrected chi connectivity index (χ0v) is 16.5. The van der Waals surface area contributed by atoms with E-state index in [0.717, 1.165) is 0 Å². The summed E-state index contributed by atoms with van der Waals surface area (Å²) in [5.41, 5.74) is 0.474. The zero-order valence-electron chi connectivity index (χ0n) is 15.7. The Kier molecular flexibility index (Phi) is 5.92. The van der Waals surface area contributed by atoms with Crippen LogP contribution in [-0.2, 0) is 0 Å². The second-order valence-corrected chi connectivity index (χ2v) is 7.11. The number of hydrogen-bond acceptors (Lipinski definition) is 6. The first-order chi connectivity index (χ1) is 12.1. The maximum absolute atomic E-state index is 12.7. The van der Waals surface area contributed by atoms with Crippen molar-refractivity contribution in [3.63, 3.8) is 0 Å². The van der Waals surface area contributed by atoms with Gasteiger partial charge in [0.15, 0.2) is 0 Å². The molecule has 26 heavy (non-hydrogen) atoms. The number of aryl methyl sites for hydroxylation is 1. The van der Waals surface area contributed by atoms with E-state index in [9.17, 15) is 4.79 Å².